The van der Waals surface area contributed by atoms with Crippen LogP contribution in [0, 0.1) is 17.2 Å². The molecule has 4 rings (SSSR count). The van der Waals surface area contributed by atoms with Gasteiger partial charge in [0, 0.05) is 33.8 Å². The lowest BCUT2D eigenvalue weighted by Gasteiger charge is -2.30. The number of hydrogen-bond acceptors (Lipinski definition) is 7. The van der Waals surface area contributed by atoms with Gasteiger partial charge in [0.05, 0.1) is 17.3 Å². The third-order valence-corrected chi connectivity index (χ3v) is 7.23. The molecule has 7 heteroatoms. The molecule has 156 valence electrons. The first-order valence-electron chi connectivity index (χ1n) is 10.5. The van der Waals surface area contributed by atoms with Gasteiger partial charge in [-0.25, -0.2) is 9.97 Å². The van der Waals surface area contributed by atoms with E-state index in [9.17, 15) is 0 Å². The maximum absolute atomic E-state index is 9.03. The van der Waals surface area contributed by atoms with Crippen LogP contribution in [0.1, 0.15) is 53.6 Å². The minimum Gasteiger partial charge on any atom is -0.316 e. The Morgan fingerprint density at radius 2 is 2.03 bits per heavy atom. The zero-order valence-corrected chi connectivity index (χ0v) is 19.1. The second kappa shape index (κ2) is 9.69. The Bertz CT molecular complexity index is 1010. The summed E-state index contributed by atoms with van der Waals surface area (Å²) < 4.78 is 0. The summed E-state index contributed by atoms with van der Waals surface area (Å²) in [6.07, 6.45) is 5.12. The monoisotopic (exact) mass is 437 g/mol. The van der Waals surface area contributed by atoms with Gasteiger partial charge in [-0.1, -0.05) is 13.8 Å². The van der Waals surface area contributed by atoms with Crippen molar-refractivity contribution in [3.63, 3.8) is 0 Å². The van der Waals surface area contributed by atoms with E-state index in [1.54, 1.807) is 29.7 Å². The molecular weight excluding hydrogens is 410 g/mol. The van der Waals surface area contributed by atoms with E-state index in [0.717, 1.165) is 43.5 Å². The number of nitriles is 1. The van der Waals surface area contributed by atoms with E-state index in [0.29, 0.717) is 17.3 Å². The third kappa shape index (κ3) is 5.45. The number of thiophene rings is 1. The SMILES string of the molecule is CC(C)Cc1ccc(CN2CCC(c3csc(Nc4cc(C#N)ccn4)n3)CC2)s1. The molecule has 3 aromatic rings. The molecule has 30 heavy (non-hydrogen) atoms. The van der Waals surface area contributed by atoms with Crippen molar-refractivity contribution >= 4 is 33.6 Å². The Morgan fingerprint density at radius 1 is 1.23 bits per heavy atom. The van der Waals surface area contributed by atoms with Gasteiger partial charge in [0.2, 0.25) is 0 Å². The Labute approximate surface area is 186 Å². The molecule has 0 radical (unpaired) electrons. The molecule has 0 saturated carbocycles. The number of thiazole rings is 1. The molecule has 1 aliphatic heterocycles. The summed E-state index contributed by atoms with van der Waals surface area (Å²) in [5.41, 5.74) is 1.77. The van der Waals surface area contributed by atoms with Crippen molar-refractivity contribution in [3.05, 3.63) is 56.9 Å². The average Bonchev–Trinajstić information content (AvgIpc) is 3.38. The van der Waals surface area contributed by atoms with Crippen LogP contribution in [0.4, 0.5) is 10.9 Å². The van der Waals surface area contributed by atoms with Crippen molar-refractivity contribution in [3.8, 4) is 6.07 Å². The predicted molar refractivity (Wildman–Crippen MR) is 124 cm³/mol. The number of rotatable bonds is 7. The smallest absolute Gasteiger partial charge is 0.188 e. The summed E-state index contributed by atoms with van der Waals surface area (Å²) in [5.74, 6) is 1.90. The summed E-state index contributed by atoms with van der Waals surface area (Å²) in [6, 6.07) is 10.2. The Kier molecular flexibility index (Phi) is 6.78. The zero-order chi connectivity index (χ0) is 20.9. The first kappa shape index (κ1) is 21.0. The van der Waals surface area contributed by atoms with Crippen LogP contribution in [-0.4, -0.2) is 28.0 Å². The van der Waals surface area contributed by atoms with E-state index in [2.05, 4.69) is 52.6 Å². The van der Waals surface area contributed by atoms with Gasteiger partial charge in [-0.3, -0.25) is 4.90 Å². The number of hydrogen-bond donors (Lipinski definition) is 1. The number of pyridine rings is 1. The van der Waals surface area contributed by atoms with Crippen molar-refractivity contribution in [1.82, 2.24) is 14.9 Å². The highest BCUT2D eigenvalue weighted by molar-refractivity contribution is 7.13. The Morgan fingerprint density at radius 3 is 2.80 bits per heavy atom. The van der Waals surface area contributed by atoms with Crippen molar-refractivity contribution in [2.24, 2.45) is 5.92 Å². The lowest BCUT2D eigenvalue weighted by molar-refractivity contribution is 0.205. The maximum Gasteiger partial charge on any atom is 0.188 e. The van der Waals surface area contributed by atoms with Crippen LogP contribution in [0.2, 0.25) is 0 Å². The quantitative estimate of drug-likeness (QED) is 0.506. The summed E-state index contributed by atoms with van der Waals surface area (Å²) in [7, 11) is 0. The van der Waals surface area contributed by atoms with E-state index in [1.165, 1.54) is 21.9 Å². The molecule has 0 amide bonds. The Balaban J connectivity index is 1.29. The van der Waals surface area contributed by atoms with Crippen LogP contribution < -0.4 is 5.32 Å². The average molecular weight is 438 g/mol. The summed E-state index contributed by atoms with van der Waals surface area (Å²) in [6.45, 7) is 7.87. The fourth-order valence-corrected chi connectivity index (χ4v) is 5.91. The van der Waals surface area contributed by atoms with Crippen LogP contribution in [0.5, 0.6) is 0 Å². The number of nitrogens with zero attached hydrogens (tertiary/aromatic N) is 4. The number of nitrogens with one attached hydrogen (secondary N) is 1. The van der Waals surface area contributed by atoms with E-state index < -0.39 is 0 Å². The van der Waals surface area contributed by atoms with Crippen molar-refractivity contribution in [2.75, 3.05) is 18.4 Å². The fourth-order valence-electron chi connectivity index (χ4n) is 3.84. The molecule has 0 unspecified atom stereocenters. The van der Waals surface area contributed by atoms with Gasteiger partial charge < -0.3 is 5.32 Å². The van der Waals surface area contributed by atoms with Gasteiger partial charge in [-0.2, -0.15) is 5.26 Å². The van der Waals surface area contributed by atoms with Gasteiger partial charge in [0.15, 0.2) is 5.13 Å². The highest BCUT2D eigenvalue weighted by Crippen LogP contribution is 2.32. The third-order valence-electron chi connectivity index (χ3n) is 5.36. The molecule has 1 aliphatic rings. The zero-order valence-electron chi connectivity index (χ0n) is 17.5. The van der Waals surface area contributed by atoms with Crippen LogP contribution in [-0.2, 0) is 13.0 Å². The second-order valence-corrected chi connectivity index (χ2v) is 10.4. The molecule has 0 bridgehead atoms. The molecular formula is C23H27N5S2. The van der Waals surface area contributed by atoms with Crippen molar-refractivity contribution in [1.29, 1.82) is 5.26 Å². The number of aromatic nitrogens is 2. The van der Waals surface area contributed by atoms with E-state index in [4.69, 9.17) is 10.2 Å². The molecule has 0 atom stereocenters. The van der Waals surface area contributed by atoms with Crippen LogP contribution in [0.3, 0.4) is 0 Å². The minimum atomic E-state index is 0.520. The predicted octanol–water partition coefficient (Wildman–Crippen LogP) is 5.79. The molecule has 0 aromatic carbocycles. The van der Waals surface area contributed by atoms with Crippen LogP contribution in [0.15, 0.2) is 35.8 Å². The molecule has 4 heterocycles. The largest absolute Gasteiger partial charge is 0.316 e. The molecule has 3 aromatic heterocycles. The van der Waals surface area contributed by atoms with Gasteiger partial charge in [0.25, 0.3) is 0 Å². The summed E-state index contributed by atoms with van der Waals surface area (Å²) >= 11 is 3.58. The van der Waals surface area contributed by atoms with Crippen molar-refractivity contribution < 1.29 is 0 Å². The van der Waals surface area contributed by atoms with Gasteiger partial charge in [-0.15, -0.1) is 22.7 Å². The normalized spacial score (nSPS) is 15.4. The van der Waals surface area contributed by atoms with Crippen molar-refractivity contribution in [2.45, 2.75) is 45.6 Å². The molecule has 5 nitrogen and oxygen atoms in total. The fraction of sp³-hybridized carbons (Fsp3) is 0.435. The number of anilines is 2. The summed E-state index contributed by atoms with van der Waals surface area (Å²) in [4.78, 5) is 14.6. The summed E-state index contributed by atoms with van der Waals surface area (Å²) in [5, 5.41) is 15.3. The molecule has 1 saturated heterocycles. The second-order valence-electron chi connectivity index (χ2n) is 8.26. The van der Waals surface area contributed by atoms with E-state index in [1.807, 2.05) is 11.3 Å². The lowest BCUT2D eigenvalue weighted by atomic mass is 9.94. The van der Waals surface area contributed by atoms with Gasteiger partial charge >= 0.3 is 0 Å². The molecule has 1 fully saturated rings. The molecule has 0 spiro atoms. The van der Waals surface area contributed by atoms with Gasteiger partial charge in [0.1, 0.15) is 5.82 Å². The standard InChI is InChI=1S/C23H27N5S2/c1-16(2)11-19-3-4-20(30-19)14-28-9-6-18(7-10-28)21-15-29-23(26-21)27-22-12-17(13-24)5-8-25-22/h3-5,8,12,15-16,18H,6-7,9-11,14H2,1-2H3,(H,25,26,27). The van der Waals surface area contributed by atoms with Crippen LogP contribution >= 0.6 is 22.7 Å². The number of piperidine rings is 1. The molecule has 0 aliphatic carbocycles. The minimum absolute atomic E-state index is 0.520. The number of likely N-dealkylation sites (tertiary alicyclic amines) is 1. The van der Waals surface area contributed by atoms with E-state index in [-0.39, 0.29) is 0 Å². The van der Waals surface area contributed by atoms with Gasteiger partial charge in [-0.05, 0) is 62.5 Å². The van der Waals surface area contributed by atoms with E-state index >= 15 is 0 Å². The lowest BCUT2D eigenvalue weighted by Crippen LogP contribution is -2.32. The first-order valence-corrected chi connectivity index (χ1v) is 12.2. The molecule has 1 N–H and O–H groups in total. The highest BCUT2D eigenvalue weighted by atomic mass is 32.1. The maximum atomic E-state index is 9.03. The first-order chi connectivity index (χ1) is 14.6. The topological polar surface area (TPSA) is 64.8 Å². The van der Waals surface area contributed by atoms with Crippen LogP contribution in [0.25, 0.3) is 0 Å². The highest BCUT2D eigenvalue weighted by Gasteiger charge is 2.23. The Hall–Kier alpha value is -2.27.